The largest absolute Gasteiger partial charge is 0.355 e. The molecule has 0 spiro atoms. The summed E-state index contributed by atoms with van der Waals surface area (Å²) in [6.45, 7) is 5.85. The molecule has 0 saturated heterocycles. The lowest BCUT2D eigenvalue weighted by atomic mass is 10.1. The predicted molar refractivity (Wildman–Crippen MR) is 97.4 cm³/mol. The van der Waals surface area contributed by atoms with Gasteiger partial charge in [-0.25, -0.2) is 0 Å². The molecule has 0 unspecified atom stereocenters. The number of Topliss-reactive ketones (excluding diaryl/α,β-unsaturated/α-hetero) is 2. The summed E-state index contributed by atoms with van der Waals surface area (Å²) in [5.74, 6) is -0.0997. The molecule has 0 fully saturated rings. The van der Waals surface area contributed by atoms with E-state index in [0.29, 0.717) is 33.4 Å². The molecule has 2 aromatic rings. The first kappa shape index (κ1) is 18.7. The zero-order valence-corrected chi connectivity index (χ0v) is 15.7. The van der Waals surface area contributed by atoms with Crippen molar-refractivity contribution >= 4 is 34.8 Å². The standard InChI is InChI=1S/C18H20Cl2N2O2/c1-10-17(12(3)23)11(2)21-18(10)16(24)9-22(4)8-13-5-6-14(19)7-15(13)20/h5-7,21H,8-9H2,1-4H3. The van der Waals surface area contributed by atoms with Crippen LogP contribution in [0.25, 0.3) is 0 Å². The molecular weight excluding hydrogens is 347 g/mol. The maximum Gasteiger partial charge on any atom is 0.193 e. The van der Waals surface area contributed by atoms with Crippen molar-refractivity contribution in [2.45, 2.75) is 27.3 Å². The van der Waals surface area contributed by atoms with Crippen LogP contribution in [0.15, 0.2) is 18.2 Å². The maximum atomic E-state index is 12.6. The van der Waals surface area contributed by atoms with Crippen molar-refractivity contribution in [3.05, 3.63) is 56.3 Å². The Morgan fingerprint density at radius 2 is 1.88 bits per heavy atom. The molecule has 0 aliphatic carbocycles. The number of aromatic amines is 1. The first-order valence-corrected chi connectivity index (χ1v) is 8.32. The minimum atomic E-state index is -0.0596. The van der Waals surface area contributed by atoms with Crippen LogP contribution in [0.2, 0.25) is 10.0 Å². The second kappa shape index (κ2) is 7.51. The van der Waals surface area contributed by atoms with Crippen LogP contribution in [-0.4, -0.2) is 35.0 Å². The molecule has 24 heavy (non-hydrogen) atoms. The van der Waals surface area contributed by atoms with E-state index in [1.807, 2.05) is 18.0 Å². The zero-order chi connectivity index (χ0) is 18.0. The summed E-state index contributed by atoms with van der Waals surface area (Å²) < 4.78 is 0. The highest BCUT2D eigenvalue weighted by molar-refractivity contribution is 6.35. The second-order valence-electron chi connectivity index (χ2n) is 6.01. The molecule has 4 nitrogen and oxygen atoms in total. The van der Waals surface area contributed by atoms with E-state index in [9.17, 15) is 9.59 Å². The second-order valence-corrected chi connectivity index (χ2v) is 6.86. The summed E-state index contributed by atoms with van der Waals surface area (Å²) in [5, 5.41) is 1.16. The Morgan fingerprint density at radius 3 is 2.42 bits per heavy atom. The minimum Gasteiger partial charge on any atom is -0.355 e. The van der Waals surface area contributed by atoms with Gasteiger partial charge in [-0.05, 0) is 51.1 Å². The van der Waals surface area contributed by atoms with Crippen LogP contribution in [0.3, 0.4) is 0 Å². The molecule has 0 aliphatic rings. The smallest absolute Gasteiger partial charge is 0.193 e. The van der Waals surface area contributed by atoms with E-state index in [1.165, 1.54) is 6.92 Å². The molecule has 0 atom stereocenters. The highest BCUT2D eigenvalue weighted by atomic mass is 35.5. The molecule has 2 rings (SSSR count). The van der Waals surface area contributed by atoms with Crippen molar-refractivity contribution in [1.82, 2.24) is 9.88 Å². The van der Waals surface area contributed by atoms with Crippen molar-refractivity contribution in [3.8, 4) is 0 Å². The van der Waals surface area contributed by atoms with E-state index >= 15 is 0 Å². The summed E-state index contributed by atoms with van der Waals surface area (Å²) in [5.41, 5.74) is 3.43. The number of nitrogens with one attached hydrogen (secondary N) is 1. The van der Waals surface area contributed by atoms with Gasteiger partial charge in [0.25, 0.3) is 0 Å². The molecular formula is C18H20Cl2N2O2. The van der Waals surface area contributed by atoms with Gasteiger partial charge in [0.15, 0.2) is 11.6 Å². The summed E-state index contributed by atoms with van der Waals surface area (Å²) in [6.07, 6.45) is 0. The molecule has 1 N–H and O–H groups in total. The van der Waals surface area contributed by atoms with Crippen LogP contribution in [0.4, 0.5) is 0 Å². The van der Waals surface area contributed by atoms with Crippen LogP contribution in [0.1, 0.15) is 44.6 Å². The topological polar surface area (TPSA) is 53.2 Å². The lowest BCUT2D eigenvalue weighted by Gasteiger charge is -2.16. The number of carbonyl (C=O) groups excluding carboxylic acids is 2. The number of aryl methyl sites for hydroxylation is 1. The van der Waals surface area contributed by atoms with Crippen LogP contribution in [0, 0.1) is 13.8 Å². The first-order valence-electron chi connectivity index (χ1n) is 7.56. The summed E-state index contributed by atoms with van der Waals surface area (Å²) in [7, 11) is 1.85. The first-order chi connectivity index (χ1) is 11.2. The molecule has 0 radical (unpaired) electrons. The van der Waals surface area contributed by atoms with Crippen LogP contribution in [-0.2, 0) is 6.54 Å². The number of hydrogen-bond donors (Lipinski definition) is 1. The SMILES string of the molecule is CC(=O)c1c(C)[nH]c(C(=O)CN(C)Cc2ccc(Cl)cc2Cl)c1C. The van der Waals surface area contributed by atoms with Crippen molar-refractivity contribution < 1.29 is 9.59 Å². The highest BCUT2D eigenvalue weighted by Gasteiger charge is 2.20. The Balaban J connectivity index is 2.12. The highest BCUT2D eigenvalue weighted by Crippen LogP contribution is 2.23. The monoisotopic (exact) mass is 366 g/mol. The fraction of sp³-hybridized carbons (Fsp3) is 0.333. The van der Waals surface area contributed by atoms with E-state index in [-0.39, 0.29) is 18.1 Å². The van der Waals surface area contributed by atoms with Gasteiger partial charge in [-0.3, -0.25) is 14.5 Å². The van der Waals surface area contributed by atoms with E-state index < -0.39 is 0 Å². The quantitative estimate of drug-likeness (QED) is 0.768. The van der Waals surface area contributed by atoms with E-state index in [1.54, 1.807) is 26.0 Å². The third kappa shape index (κ3) is 4.07. The average Bonchev–Trinajstić information content (AvgIpc) is 2.77. The number of H-pyrrole nitrogens is 1. The fourth-order valence-corrected chi connectivity index (χ4v) is 3.35. The molecule has 6 heteroatoms. The number of halogens is 2. The zero-order valence-electron chi connectivity index (χ0n) is 14.2. The van der Waals surface area contributed by atoms with E-state index in [2.05, 4.69) is 4.98 Å². The maximum absolute atomic E-state index is 12.6. The van der Waals surface area contributed by atoms with Gasteiger partial charge in [-0.2, -0.15) is 0 Å². The lowest BCUT2D eigenvalue weighted by molar-refractivity contribution is 0.0938. The lowest BCUT2D eigenvalue weighted by Crippen LogP contribution is -2.26. The van der Waals surface area contributed by atoms with Gasteiger partial charge in [-0.1, -0.05) is 29.3 Å². The van der Waals surface area contributed by atoms with Crippen molar-refractivity contribution in [2.75, 3.05) is 13.6 Å². The van der Waals surface area contributed by atoms with Gasteiger partial charge in [0.05, 0.1) is 12.2 Å². The Hall–Kier alpha value is -1.62. The van der Waals surface area contributed by atoms with Crippen molar-refractivity contribution in [3.63, 3.8) is 0 Å². The number of hydrogen-bond acceptors (Lipinski definition) is 3. The van der Waals surface area contributed by atoms with Crippen LogP contribution in [0.5, 0.6) is 0 Å². The van der Waals surface area contributed by atoms with Gasteiger partial charge in [-0.15, -0.1) is 0 Å². The van der Waals surface area contributed by atoms with Gasteiger partial charge < -0.3 is 4.98 Å². The van der Waals surface area contributed by atoms with Gasteiger partial charge in [0, 0.05) is 27.8 Å². The molecule has 128 valence electrons. The molecule has 0 aliphatic heterocycles. The third-order valence-corrected chi connectivity index (χ3v) is 4.52. The van der Waals surface area contributed by atoms with E-state index in [0.717, 1.165) is 11.3 Å². The third-order valence-electron chi connectivity index (χ3n) is 3.94. The van der Waals surface area contributed by atoms with Crippen molar-refractivity contribution in [2.24, 2.45) is 0 Å². The molecule has 0 bridgehead atoms. The van der Waals surface area contributed by atoms with Crippen LogP contribution < -0.4 is 0 Å². The van der Waals surface area contributed by atoms with Crippen LogP contribution >= 0.6 is 23.2 Å². The summed E-state index contributed by atoms with van der Waals surface area (Å²) in [4.78, 5) is 29.2. The number of likely N-dealkylation sites (N-methyl/N-ethyl adjacent to an activating group) is 1. The predicted octanol–water partition coefficient (Wildman–Crippen LogP) is 4.46. The normalized spacial score (nSPS) is 11.1. The van der Waals surface area contributed by atoms with Gasteiger partial charge >= 0.3 is 0 Å². The molecule has 1 aromatic heterocycles. The Bertz CT molecular complexity index is 797. The number of ketones is 2. The number of aromatic nitrogens is 1. The summed E-state index contributed by atoms with van der Waals surface area (Å²) in [6, 6.07) is 5.31. The fourth-order valence-electron chi connectivity index (χ4n) is 2.88. The molecule has 0 amide bonds. The van der Waals surface area contributed by atoms with Gasteiger partial charge in [0.1, 0.15) is 0 Å². The van der Waals surface area contributed by atoms with E-state index in [4.69, 9.17) is 23.2 Å². The molecule has 1 aromatic carbocycles. The number of benzene rings is 1. The number of rotatable bonds is 6. The van der Waals surface area contributed by atoms with Gasteiger partial charge in [0.2, 0.25) is 0 Å². The molecule has 1 heterocycles. The number of carbonyl (C=O) groups is 2. The molecule has 0 saturated carbocycles. The number of nitrogens with zero attached hydrogens (tertiary/aromatic N) is 1. The Kier molecular flexibility index (Phi) is 5.86. The minimum absolute atomic E-state index is 0.0402. The Labute approximate surface area is 151 Å². The summed E-state index contributed by atoms with van der Waals surface area (Å²) >= 11 is 12.1. The average molecular weight is 367 g/mol. The van der Waals surface area contributed by atoms with Crippen molar-refractivity contribution in [1.29, 1.82) is 0 Å². The Morgan fingerprint density at radius 1 is 1.21 bits per heavy atom.